The highest BCUT2D eigenvalue weighted by atomic mass is 32.2. The van der Waals surface area contributed by atoms with Crippen molar-refractivity contribution in [2.24, 2.45) is 5.92 Å². The second-order valence-electron chi connectivity index (χ2n) is 8.14. The highest BCUT2D eigenvalue weighted by molar-refractivity contribution is 7.92. The van der Waals surface area contributed by atoms with Gasteiger partial charge in [-0.15, -0.1) is 0 Å². The van der Waals surface area contributed by atoms with Crippen LogP contribution >= 0.6 is 0 Å². The van der Waals surface area contributed by atoms with Crippen LogP contribution in [-0.4, -0.2) is 54.1 Å². The number of sulfone groups is 1. The molecule has 1 aliphatic heterocycles. The summed E-state index contributed by atoms with van der Waals surface area (Å²) in [6, 6.07) is 3.81. The van der Waals surface area contributed by atoms with Crippen molar-refractivity contribution in [1.82, 2.24) is 14.9 Å². The van der Waals surface area contributed by atoms with E-state index in [1.54, 1.807) is 4.90 Å². The second-order valence-corrected chi connectivity index (χ2v) is 10.7. The molecule has 1 aromatic heterocycles. The van der Waals surface area contributed by atoms with E-state index in [4.69, 9.17) is 4.74 Å². The molecule has 0 atom stereocenters. The van der Waals surface area contributed by atoms with Gasteiger partial charge in [0.05, 0.1) is 34.7 Å². The number of alkyl halides is 3. The Balaban J connectivity index is 1.74. The average Bonchev–Trinajstić information content (AvgIpc) is 2.78. The average molecular weight is 472 g/mol. The molecule has 1 fully saturated rings. The van der Waals surface area contributed by atoms with E-state index in [1.165, 1.54) is 39.4 Å². The number of likely N-dealkylation sites (tertiary alicyclic amines) is 1. The minimum absolute atomic E-state index is 0.153. The Morgan fingerprint density at radius 3 is 2.31 bits per heavy atom. The van der Waals surface area contributed by atoms with E-state index in [0.717, 1.165) is 12.1 Å². The van der Waals surface area contributed by atoms with Crippen LogP contribution in [0, 0.1) is 5.92 Å². The third kappa shape index (κ3) is 4.57. The summed E-state index contributed by atoms with van der Waals surface area (Å²) >= 11 is 0. The maximum absolute atomic E-state index is 13.3. The number of benzene rings is 1. The number of aromatic nitrogens is 2. The van der Waals surface area contributed by atoms with Crippen molar-refractivity contribution in [3.63, 3.8) is 0 Å². The summed E-state index contributed by atoms with van der Waals surface area (Å²) in [5.41, 5.74) is -0.851. The fraction of sp³-hybridized carbons (Fsp3) is 0.476. The number of methoxy groups -OCH3 is 1. The van der Waals surface area contributed by atoms with Crippen molar-refractivity contribution < 1.29 is 31.1 Å². The van der Waals surface area contributed by atoms with Crippen LogP contribution in [0.25, 0.3) is 0 Å². The third-order valence-electron chi connectivity index (χ3n) is 5.99. The van der Waals surface area contributed by atoms with E-state index in [2.05, 4.69) is 9.97 Å². The molecule has 11 heteroatoms. The molecule has 1 saturated heterocycles. The number of nitrogens with zero attached hydrogens (tertiary/aromatic N) is 3. The lowest BCUT2D eigenvalue weighted by Crippen LogP contribution is -2.47. The van der Waals surface area contributed by atoms with Gasteiger partial charge in [-0.25, -0.2) is 18.4 Å². The number of halogens is 3. The highest BCUT2D eigenvalue weighted by Gasteiger charge is 2.45. The molecule has 0 unspecified atom stereocenters. The minimum atomic E-state index is -4.63. The summed E-state index contributed by atoms with van der Waals surface area (Å²) in [5.74, 6) is -0.382. The number of piperidine rings is 1. The zero-order valence-corrected chi connectivity index (χ0v) is 18.7. The summed E-state index contributed by atoms with van der Waals surface area (Å²) in [7, 11) is -2.62. The van der Waals surface area contributed by atoms with Gasteiger partial charge in [0.2, 0.25) is 5.88 Å². The third-order valence-corrected chi connectivity index (χ3v) is 8.58. The van der Waals surface area contributed by atoms with Gasteiger partial charge in [-0.2, -0.15) is 13.2 Å². The molecule has 7 nitrogen and oxygen atoms in total. The SMILES string of the molecule is COc1cnc(C(=O)N2CCC(C(C)(C)S(=O)(=O)c3cccc(C(F)(F)F)c3)CC2)cn1. The first-order valence-corrected chi connectivity index (χ1v) is 11.4. The lowest BCUT2D eigenvalue weighted by atomic mass is 9.86. The molecule has 174 valence electrons. The maximum atomic E-state index is 13.3. The predicted molar refractivity (Wildman–Crippen MR) is 110 cm³/mol. The quantitative estimate of drug-likeness (QED) is 0.662. The molecule has 1 amide bonds. The number of rotatable bonds is 5. The van der Waals surface area contributed by atoms with E-state index < -0.39 is 26.3 Å². The van der Waals surface area contributed by atoms with Gasteiger partial charge in [-0.05, 0) is 50.8 Å². The van der Waals surface area contributed by atoms with Crippen molar-refractivity contribution in [2.45, 2.75) is 42.5 Å². The molecule has 0 bridgehead atoms. The second kappa shape index (κ2) is 8.68. The lowest BCUT2D eigenvalue weighted by molar-refractivity contribution is -0.137. The van der Waals surface area contributed by atoms with Crippen LogP contribution in [0.15, 0.2) is 41.6 Å². The van der Waals surface area contributed by atoms with Crippen molar-refractivity contribution >= 4 is 15.7 Å². The Bertz CT molecular complexity index is 1080. The van der Waals surface area contributed by atoms with Crippen molar-refractivity contribution in [3.05, 3.63) is 47.9 Å². The Kier molecular flexibility index (Phi) is 6.50. The number of hydrogen-bond donors (Lipinski definition) is 0. The fourth-order valence-corrected chi connectivity index (χ4v) is 5.66. The van der Waals surface area contributed by atoms with Crippen LogP contribution in [0.5, 0.6) is 5.88 Å². The van der Waals surface area contributed by atoms with Gasteiger partial charge in [0.25, 0.3) is 5.91 Å². The van der Waals surface area contributed by atoms with Gasteiger partial charge in [-0.3, -0.25) is 4.79 Å². The molecular formula is C21H24F3N3O4S. The van der Waals surface area contributed by atoms with E-state index >= 15 is 0 Å². The molecule has 32 heavy (non-hydrogen) atoms. The first-order valence-electron chi connectivity index (χ1n) is 9.95. The van der Waals surface area contributed by atoms with Crippen molar-refractivity contribution in [2.75, 3.05) is 20.2 Å². The normalized spacial score (nSPS) is 16.1. The molecule has 2 aromatic rings. The lowest BCUT2D eigenvalue weighted by Gasteiger charge is -2.40. The van der Waals surface area contributed by atoms with Gasteiger partial charge in [0, 0.05) is 13.1 Å². The summed E-state index contributed by atoms with van der Waals surface area (Å²) in [5, 5.41) is 0. The zero-order valence-electron chi connectivity index (χ0n) is 17.9. The summed E-state index contributed by atoms with van der Waals surface area (Å²) < 4.78 is 69.3. The smallest absolute Gasteiger partial charge is 0.416 e. The number of hydrogen-bond acceptors (Lipinski definition) is 6. The van der Waals surface area contributed by atoms with Crippen LogP contribution in [-0.2, 0) is 16.0 Å². The molecular weight excluding hydrogens is 447 g/mol. The van der Waals surface area contributed by atoms with Crippen LogP contribution in [0.2, 0.25) is 0 Å². The molecule has 1 aromatic carbocycles. The Labute approximate surface area is 184 Å². The van der Waals surface area contributed by atoms with Crippen LogP contribution in [0.1, 0.15) is 42.7 Å². The number of carbonyl (C=O) groups is 1. The van der Waals surface area contributed by atoms with Crippen LogP contribution in [0.3, 0.4) is 0 Å². The zero-order chi connectivity index (χ0) is 23.7. The standard InChI is InChI=1S/C21H24F3N3O4S/c1-20(2,32(29,30)16-6-4-5-15(11-16)21(22,23)24)14-7-9-27(10-8-14)19(28)17-12-26-18(31-3)13-25-17/h4-6,11-14H,7-10H2,1-3H3. The van der Waals surface area contributed by atoms with Crippen LogP contribution < -0.4 is 4.74 Å². The van der Waals surface area contributed by atoms with Crippen molar-refractivity contribution in [3.8, 4) is 5.88 Å². The predicted octanol–water partition coefficient (Wildman–Crippen LogP) is 3.61. The van der Waals surface area contributed by atoms with Gasteiger partial charge < -0.3 is 9.64 Å². The molecule has 0 spiro atoms. The Morgan fingerprint density at radius 2 is 1.78 bits per heavy atom. The molecule has 0 N–H and O–H groups in total. The fourth-order valence-electron chi connectivity index (χ4n) is 3.83. The molecule has 3 rings (SSSR count). The van der Waals surface area contributed by atoms with Gasteiger partial charge in [-0.1, -0.05) is 6.07 Å². The van der Waals surface area contributed by atoms with Gasteiger partial charge in [0.1, 0.15) is 5.69 Å². The number of amides is 1. The number of ether oxygens (including phenoxy) is 1. The minimum Gasteiger partial charge on any atom is -0.480 e. The number of carbonyl (C=O) groups excluding carboxylic acids is 1. The highest BCUT2D eigenvalue weighted by Crippen LogP contribution is 2.39. The monoisotopic (exact) mass is 471 g/mol. The first-order chi connectivity index (χ1) is 14.9. The summed E-state index contributed by atoms with van der Waals surface area (Å²) in [6.07, 6.45) is -1.20. The topological polar surface area (TPSA) is 89.5 Å². The van der Waals surface area contributed by atoms with E-state index in [0.29, 0.717) is 32.0 Å². The largest absolute Gasteiger partial charge is 0.480 e. The van der Waals surface area contributed by atoms with E-state index in [9.17, 15) is 26.4 Å². The maximum Gasteiger partial charge on any atom is 0.416 e. The summed E-state index contributed by atoms with van der Waals surface area (Å²) in [4.78, 5) is 21.9. The van der Waals surface area contributed by atoms with Gasteiger partial charge >= 0.3 is 6.18 Å². The first kappa shape index (κ1) is 24.0. The van der Waals surface area contributed by atoms with E-state index in [1.807, 2.05) is 0 Å². The van der Waals surface area contributed by atoms with Crippen LogP contribution in [0.4, 0.5) is 13.2 Å². The summed E-state index contributed by atoms with van der Waals surface area (Å²) in [6.45, 7) is 3.66. The molecule has 0 saturated carbocycles. The Morgan fingerprint density at radius 1 is 1.12 bits per heavy atom. The molecule has 1 aliphatic rings. The van der Waals surface area contributed by atoms with Gasteiger partial charge in [0.15, 0.2) is 9.84 Å². The van der Waals surface area contributed by atoms with Crippen molar-refractivity contribution in [1.29, 1.82) is 0 Å². The molecule has 0 aliphatic carbocycles. The molecule has 0 radical (unpaired) electrons. The Hall–Kier alpha value is -2.69. The molecule has 2 heterocycles. The van der Waals surface area contributed by atoms with E-state index in [-0.39, 0.29) is 28.3 Å².